The molecule has 1 aromatic heterocycles. The van der Waals surface area contributed by atoms with Crippen LogP contribution in [0.3, 0.4) is 0 Å². The Morgan fingerprint density at radius 3 is 2.93 bits per heavy atom. The van der Waals surface area contributed by atoms with Crippen molar-refractivity contribution in [3.63, 3.8) is 0 Å². The molecule has 74 valence electrons. The molecule has 0 aliphatic rings. The Bertz CT molecular complexity index is 345. The van der Waals surface area contributed by atoms with E-state index in [-0.39, 0.29) is 6.04 Å². The van der Waals surface area contributed by atoms with Gasteiger partial charge in [0, 0.05) is 13.1 Å². The van der Waals surface area contributed by atoms with E-state index < -0.39 is 0 Å². The number of pyridine rings is 1. The van der Waals surface area contributed by atoms with E-state index in [0.29, 0.717) is 11.6 Å². The maximum atomic E-state index is 8.56. The molecule has 0 fully saturated rings. The first-order valence-electron chi connectivity index (χ1n) is 4.37. The van der Waals surface area contributed by atoms with E-state index in [2.05, 4.69) is 11.1 Å². The maximum absolute atomic E-state index is 8.56. The highest BCUT2D eigenvalue weighted by Gasteiger charge is 2.10. The zero-order chi connectivity index (χ0) is 10.6. The SMILES string of the molecule is CC(CC#N)N(C)c1cccc(Cl)n1. The molecule has 14 heavy (non-hydrogen) atoms. The molecule has 0 N–H and O–H groups in total. The van der Waals surface area contributed by atoms with Gasteiger partial charge in [-0.2, -0.15) is 5.26 Å². The summed E-state index contributed by atoms with van der Waals surface area (Å²) in [6.07, 6.45) is 0.477. The molecule has 0 aliphatic carbocycles. The molecule has 4 heteroatoms. The standard InChI is InChI=1S/C10H12ClN3/c1-8(6-7-12)14(2)10-5-3-4-9(11)13-10/h3-5,8H,6H2,1-2H3. The van der Waals surface area contributed by atoms with Crippen molar-refractivity contribution in [3.05, 3.63) is 23.4 Å². The van der Waals surface area contributed by atoms with Gasteiger partial charge in [0.05, 0.1) is 12.5 Å². The van der Waals surface area contributed by atoms with Crippen LogP contribution in [0, 0.1) is 11.3 Å². The number of hydrogen-bond donors (Lipinski definition) is 0. The van der Waals surface area contributed by atoms with Crippen LogP contribution in [0.2, 0.25) is 5.15 Å². The molecule has 0 bridgehead atoms. The lowest BCUT2D eigenvalue weighted by Gasteiger charge is -2.23. The second-order valence-electron chi connectivity index (χ2n) is 3.14. The van der Waals surface area contributed by atoms with E-state index >= 15 is 0 Å². The summed E-state index contributed by atoms with van der Waals surface area (Å²) in [5.74, 6) is 0.792. The summed E-state index contributed by atoms with van der Waals surface area (Å²) in [6, 6.07) is 7.73. The molecule has 1 atom stereocenters. The van der Waals surface area contributed by atoms with E-state index in [1.165, 1.54) is 0 Å². The smallest absolute Gasteiger partial charge is 0.131 e. The monoisotopic (exact) mass is 209 g/mol. The van der Waals surface area contributed by atoms with E-state index in [1.807, 2.05) is 31.0 Å². The van der Waals surface area contributed by atoms with Crippen molar-refractivity contribution < 1.29 is 0 Å². The Morgan fingerprint density at radius 1 is 1.64 bits per heavy atom. The van der Waals surface area contributed by atoms with E-state index in [1.54, 1.807) is 6.07 Å². The highest BCUT2D eigenvalue weighted by atomic mass is 35.5. The minimum atomic E-state index is 0.144. The van der Waals surface area contributed by atoms with Crippen LogP contribution < -0.4 is 4.90 Å². The number of hydrogen-bond acceptors (Lipinski definition) is 3. The van der Waals surface area contributed by atoms with Crippen molar-refractivity contribution >= 4 is 17.4 Å². The molecular weight excluding hydrogens is 198 g/mol. The highest BCUT2D eigenvalue weighted by Crippen LogP contribution is 2.16. The van der Waals surface area contributed by atoms with Crippen LogP contribution in [0.1, 0.15) is 13.3 Å². The molecule has 3 nitrogen and oxygen atoms in total. The number of anilines is 1. The third-order valence-electron chi connectivity index (χ3n) is 2.11. The van der Waals surface area contributed by atoms with Gasteiger partial charge in [0.25, 0.3) is 0 Å². The third kappa shape index (κ3) is 2.61. The number of halogens is 1. The number of rotatable bonds is 3. The van der Waals surface area contributed by atoms with Crippen LogP contribution in [0.5, 0.6) is 0 Å². The van der Waals surface area contributed by atoms with Crippen LogP contribution in [0.15, 0.2) is 18.2 Å². The summed E-state index contributed by atoms with van der Waals surface area (Å²) in [5.41, 5.74) is 0. The fourth-order valence-electron chi connectivity index (χ4n) is 1.09. The number of nitriles is 1. The van der Waals surface area contributed by atoms with E-state index in [9.17, 15) is 0 Å². The van der Waals surface area contributed by atoms with Crippen LogP contribution in [-0.2, 0) is 0 Å². The predicted octanol–water partition coefficient (Wildman–Crippen LogP) is 2.47. The first kappa shape index (κ1) is 10.8. The van der Waals surface area contributed by atoms with Crippen LogP contribution in [0.4, 0.5) is 5.82 Å². The maximum Gasteiger partial charge on any atom is 0.131 e. The van der Waals surface area contributed by atoms with Gasteiger partial charge < -0.3 is 4.90 Å². The fourth-order valence-corrected chi connectivity index (χ4v) is 1.25. The quantitative estimate of drug-likeness (QED) is 0.718. The van der Waals surface area contributed by atoms with Gasteiger partial charge in [0.1, 0.15) is 11.0 Å². The minimum absolute atomic E-state index is 0.144. The molecule has 0 spiro atoms. The lowest BCUT2D eigenvalue weighted by molar-refractivity contribution is 0.694. The summed E-state index contributed by atoms with van der Waals surface area (Å²) >= 11 is 5.77. The van der Waals surface area contributed by atoms with Crippen LogP contribution in [0.25, 0.3) is 0 Å². The predicted molar refractivity (Wildman–Crippen MR) is 57.3 cm³/mol. The Morgan fingerprint density at radius 2 is 2.36 bits per heavy atom. The molecule has 1 heterocycles. The normalized spacial score (nSPS) is 11.9. The number of aromatic nitrogens is 1. The zero-order valence-electron chi connectivity index (χ0n) is 8.24. The van der Waals surface area contributed by atoms with Gasteiger partial charge in [-0.15, -0.1) is 0 Å². The molecule has 0 aromatic carbocycles. The van der Waals surface area contributed by atoms with Gasteiger partial charge in [-0.3, -0.25) is 0 Å². The molecule has 0 aliphatic heterocycles. The van der Waals surface area contributed by atoms with Gasteiger partial charge in [0.2, 0.25) is 0 Å². The fraction of sp³-hybridized carbons (Fsp3) is 0.400. The average Bonchev–Trinajstić information content (AvgIpc) is 2.17. The Labute approximate surface area is 88.9 Å². The molecule has 1 aromatic rings. The second kappa shape index (κ2) is 4.83. The van der Waals surface area contributed by atoms with Crippen molar-refractivity contribution in [3.8, 4) is 6.07 Å². The van der Waals surface area contributed by atoms with Gasteiger partial charge in [-0.1, -0.05) is 17.7 Å². The molecule has 1 rings (SSSR count). The van der Waals surface area contributed by atoms with Crippen molar-refractivity contribution in [2.24, 2.45) is 0 Å². The highest BCUT2D eigenvalue weighted by molar-refractivity contribution is 6.29. The molecule has 0 radical (unpaired) electrons. The largest absolute Gasteiger partial charge is 0.356 e. The van der Waals surface area contributed by atoms with Crippen molar-refractivity contribution in [1.82, 2.24) is 4.98 Å². The first-order chi connectivity index (χ1) is 6.65. The molecule has 1 unspecified atom stereocenters. The summed E-state index contributed by atoms with van der Waals surface area (Å²) in [5, 5.41) is 9.03. The summed E-state index contributed by atoms with van der Waals surface area (Å²) in [6.45, 7) is 1.98. The number of nitrogens with zero attached hydrogens (tertiary/aromatic N) is 3. The summed E-state index contributed by atoms with van der Waals surface area (Å²) in [4.78, 5) is 6.10. The Hall–Kier alpha value is -1.27. The first-order valence-corrected chi connectivity index (χ1v) is 4.75. The molecular formula is C10H12ClN3. The lowest BCUT2D eigenvalue weighted by Crippen LogP contribution is -2.29. The van der Waals surface area contributed by atoms with Crippen LogP contribution >= 0.6 is 11.6 Å². The Kier molecular flexibility index (Phi) is 3.73. The van der Waals surface area contributed by atoms with Crippen LogP contribution in [-0.4, -0.2) is 18.1 Å². The van der Waals surface area contributed by atoms with Crippen molar-refractivity contribution in [1.29, 1.82) is 5.26 Å². The Balaban J connectivity index is 2.79. The van der Waals surface area contributed by atoms with Crippen molar-refractivity contribution in [2.75, 3.05) is 11.9 Å². The minimum Gasteiger partial charge on any atom is -0.356 e. The van der Waals surface area contributed by atoms with Gasteiger partial charge >= 0.3 is 0 Å². The molecule has 0 amide bonds. The summed E-state index contributed by atoms with van der Waals surface area (Å²) < 4.78 is 0. The molecule has 0 saturated heterocycles. The second-order valence-corrected chi connectivity index (χ2v) is 3.53. The van der Waals surface area contributed by atoms with Gasteiger partial charge in [-0.05, 0) is 19.1 Å². The average molecular weight is 210 g/mol. The van der Waals surface area contributed by atoms with Gasteiger partial charge in [-0.25, -0.2) is 4.98 Å². The van der Waals surface area contributed by atoms with Gasteiger partial charge in [0.15, 0.2) is 0 Å². The lowest BCUT2D eigenvalue weighted by atomic mass is 10.2. The van der Waals surface area contributed by atoms with Crippen molar-refractivity contribution in [2.45, 2.75) is 19.4 Å². The van der Waals surface area contributed by atoms with E-state index in [4.69, 9.17) is 16.9 Å². The topological polar surface area (TPSA) is 39.9 Å². The summed E-state index contributed by atoms with van der Waals surface area (Å²) in [7, 11) is 1.90. The molecule has 0 saturated carbocycles. The zero-order valence-corrected chi connectivity index (χ0v) is 8.99. The van der Waals surface area contributed by atoms with E-state index in [0.717, 1.165) is 5.82 Å². The third-order valence-corrected chi connectivity index (χ3v) is 2.32.